The summed E-state index contributed by atoms with van der Waals surface area (Å²) in [5.74, 6) is 0. The predicted molar refractivity (Wildman–Crippen MR) is 83.9 cm³/mol. The number of hydrogen-bond acceptors (Lipinski definition) is 5. The molecule has 0 saturated carbocycles. The average Bonchev–Trinajstić information content (AvgIpc) is 3.16. The molecule has 3 rings (SSSR count). The van der Waals surface area contributed by atoms with Gasteiger partial charge in [-0.2, -0.15) is 5.26 Å². The highest BCUT2D eigenvalue weighted by Gasteiger charge is 2.05. The molecule has 2 heterocycles. The Hall–Kier alpha value is -2.16. The van der Waals surface area contributed by atoms with Gasteiger partial charge in [-0.05, 0) is 29.6 Å². The summed E-state index contributed by atoms with van der Waals surface area (Å²) in [4.78, 5) is 5.81. The first-order valence-electron chi connectivity index (χ1n) is 6.07. The van der Waals surface area contributed by atoms with Gasteiger partial charge in [-0.1, -0.05) is 12.1 Å². The number of aromatic nitrogens is 1. The highest BCUT2D eigenvalue weighted by molar-refractivity contribution is 7.20. The number of thiazole rings is 1. The molecule has 0 aliphatic carbocycles. The van der Waals surface area contributed by atoms with Crippen molar-refractivity contribution in [2.75, 3.05) is 5.32 Å². The molecule has 0 fully saturated rings. The predicted octanol–water partition coefficient (Wildman–Crippen LogP) is 4.36. The summed E-state index contributed by atoms with van der Waals surface area (Å²) in [5.41, 5.74) is 2.61. The number of thiophene rings is 1. The van der Waals surface area contributed by atoms with Crippen molar-refractivity contribution in [1.82, 2.24) is 4.98 Å². The van der Waals surface area contributed by atoms with E-state index in [0.717, 1.165) is 16.4 Å². The molecule has 0 radical (unpaired) electrons. The van der Waals surface area contributed by atoms with Gasteiger partial charge in [0.2, 0.25) is 0 Å². The van der Waals surface area contributed by atoms with Crippen LogP contribution < -0.4 is 5.32 Å². The first kappa shape index (κ1) is 12.9. The third kappa shape index (κ3) is 2.87. The zero-order chi connectivity index (χ0) is 13.8. The smallest absolute Gasteiger partial charge is 0.133 e. The Bertz CT molecular complexity index is 739. The van der Waals surface area contributed by atoms with E-state index >= 15 is 0 Å². The number of benzene rings is 1. The summed E-state index contributed by atoms with van der Waals surface area (Å²) in [6, 6.07) is 13.7. The van der Waals surface area contributed by atoms with Crippen molar-refractivity contribution >= 4 is 28.4 Å². The molecule has 1 aromatic carbocycles. The molecular weight excluding hydrogens is 286 g/mol. The summed E-state index contributed by atoms with van der Waals surface area (Å²) in [6.07, 6.45) is 0. The molecular formula is C15H11N3S2. The first-order chi connectivity index (χ1) is 9.85. The maximum absolute atomic E-state index is 8.87. The van der Waals surface area contributed by atoms with Crippen molar-refractivity contribution in [3.8, 4) is 16.0 Å². The Morgan fingerprint density at radius 1 is 1.20 bits per heavy atom. The molecule has 98 valence electrons. The van der Waals surface area contributed by atoms with Gasteiger partial charge >= 0.3 is 0 Å². The maximum atomic E-state index is 8.87. The van der Waals surface area contributed by atoms with E-state index in [-0.39, 0.29) is 0 Å². The van der Waals surface area contributed by atoms with Crippen LogP contribution in [0.2, 0.25) is 0 Å². The van der Waals surface area contributed by atoms with Crippen molar-refractivity contribution in [2.24, 2.45) is 0 Å². The lowest BCUT2D eigenvalue weighted by Gasteiger charge is -2.04. The number of nitriles is 1. The van der Waals surface area contributed by atoms with Crippen molar-refractivity contribution in [2.45, 2.75) is 6.54 Å². The van der Waals surface area contributed by atoms with E-state index in [1.807, 2.05) is 24.3 Å². The second-order valence-electron chi connectivity index (χ2n) is 4.17. The molecule has 0 amide bonds. The minimum Gasteiger partial charge on any atom is -0.379 e. The summed E-state index contributed by atoms with van der Waals surface area (Å²) in [7, 11) is 0. The number of anilines is 1. The van der Waals surface area contributed by atoms with Gasteiger partial charge < -0.3 is 5.32 Å². The van der Waals surface area contributed by atoms with Crippen LogP contribution in [0.5, 0.6) is 0 Å². The summed E-state index contributed by atoms with van der Waals surface area (Å²) in [5, 5.41) is 17.3. The van der Waals surface area contributed by atoms with Crippen molar-refractivity contribution in [1.29, 1.82) is 5.26 Å². The van der Waals surface area contributed by atoms with Crippen LogP contribution in [0.25, 0.3) is 9.88 Å². The quantitative estimate of drug-likeness (QED) is 0.778. The van der Waals surface area contributed by atoms with Crippen molar-refractivity contribution in [3.63, 3.8) is 0 Å². The highest BCUT2D eigenvalue weighted by atomic mass is 32.1. The lowest BCUT2D eigenvalue weighted by molar-refractivity contribution is 1.08. The van der Waals surface area contributed by atoms with E-state index in [1.165, 1.54) is 4.88 Å². The molecule has 5 heteroatoms. The zero-order valence-corrected chi connectivity index (χ0v) is 12.2. The van der Waals surface area contributed by atoms with Crippen molar-refractivity contribution < 1.29 is 0 Å². The topological polar surface area (TPSA) is 48.7 Å². The highest BCUT2D eigenvalue weighted by Crippen LogP contribution is 2.28. The van der Waals surface area contributed by atoms with Crippen LogP contribution in [0.4, 0.5) is 5.69 Å². The largest absolute Gasteiger partial charge is 0.379 e. The Balaban J connectivity index is 1.68. The number of nitrogens with one attached hydrogen (secondary N) is 1. The molecule has 1 N–H and O–H groups in total. The molecule has 3 nitrogen and oxygen atoms in total. The fourth-order valence-corrected chi connectivity index (χ4v) is 3.43. The van der Waals surface area contributed by atoms with Gasteiger partial charge in [0, 0.05) is 11.1 Å². The molecule has 0 saturated heterocycles. The first-order valence-corrected chi connectivity index (χ1v) is 7.83. The van der Waals surface area contributed by atoms with E-state index in [9.17, 15) is 0 Å². The number of nitrogens with zero attached hydrogens (tertiary/aromatic N) is 2. The Kier molecular flexibility index (Phi) is 3.77. The number of rotatable bonds is 4. The molecule has 3 aromatic rings. The minimum atomic E-state index is 0.660. The van der Waals surface area contributed by atoms with Crippen LogP contribution in [-0.4, -0.2) is 4.98 Å². The molecule has 0 atom stereocenters. The fourth-order valence-electron chi connectivity index (χ4n) is 1.79. The molecule has 0 spiro atoms. The van der Waals surface area contributed by atoms with E-state index in [4.69, 9.17) is 5.26 Å². The second-order valence-corrected chi connectivity index (χ2v) is 5.97. The van der Waals surface area contributed by atoms with E-state index < -0.39 is 0 Å². The van der Waals surface area contributed by atoms with Crippen LogP contribution in [-0.2, 0) is 6.54 Å². The van der Waals surface area contributed by atoms with Gasteiger partial charge in [0.1, 0.15) is 5.01 Å². The normalized spacial score (nSPS) is 10.2. The molecule has 2 aromatic heterocycles. The lowest BCUT2D eigenvalue weighted by Crippen LogP contribution is -1.99. The average molecular weight is 297 g/mol. The molecule has 0 unspecified atom stereocenters. The fraction of sp³-hybridized carbons (Fsp3) is 0.0667. The lowest BCUT2D eigenvalue weighted by atomic mass is 10.2. The van der Waals surface area contributed by atoms with Gasteiger partial charge in [0.15, 0.2) is 0 Å². The Morgan fingerprint density at radius 2 is 2.15 bits per heavy atom. The Morgan fingerprint density at radius 3 is 2.95 bits per heavy atom. The van der Waals surface area contributed by atoms with E-state index in [1.54, 1.807) is 28.7 Å². The maximum Gasteiger partial charge on any atom is 0.133 e. The van der Waals surface area contributed by atoms with Gasteiger partial charge in [-0.25, -0.2) is 4.98 Å². The van der Waals surface area contributed by atoms with Crippen molar-refractivity contribution in [3.05, 3.63) is 58.4 Å². The SMILES string of the molecule is N#Cc1cccc(NCc2csc(-c3cccs3)n2)c1. The third-order valence-electron chi connectivity index (χ3n) is 2.75. The summed E-state index contributed by atoms with van der Waals surface area (Å²) >= 11 is 3.36. The Labute approximate surface area is 125 Å². The van der Waals surface area contributed by atoms with Gasteiger partial charge in [-0.15, -0.1) is 22.7 Å². The van der Waals surface area contributed by atoms with E-state index in [2.05, 4.69) is 33.2 Å². The second kappa shape index (κ2) is 5.87. The van der Waals surface area contributed by atoms with Gasteiger partial charge in [-0.3, -0.25) is 0 Å². The monoisotopic (exact) mass is 297 g/mol. The summed E-state index contributed by atoms with van der Waals surface area (Å²) in [6.45, 7) is 0.663. The number of hydrogen-bond donors (Lipinski definition) is 1. The molecule has 0 bridgehead atoms. The minimum absolute atomic E-state index is 0.660. The summed E-state index contributed by atoms with van der Waals surface area (Å²) < 4.78 is 0. The molecule has 0 aliphatic heterocycles. The zero-order valence-electron chi connectivity index (χ0n) is 10.5. The van der Waals surface area contributed by atoms with Crippen LogP contribution in [0.1, 0.15) is 11.3 Å². The molecule has 20 heavy (non-hydrogen) atoms. The van der Waals surface area contributed by atoms with Crippen LogP contribution in [0, 0.1) is 11.3 Å². The van der Waals surface area contributed by atoms with Crippen LogP contribution in [0.15, 0.2) is 47.2 Å². The standard InChI is InChI=1S/C15H11N3S2/c16-8-11-3-1-4-12(7-11)17-9-13-10-20-15(18-13)14-5-2-6-19-14/h1-7,10,17H,9H2. The van der Waals surface area contributed by atoms with Gasteiger partial charge in [0.25, 0.3) is 0 Å². The van der Waals surface area contributed by atoms with Gasteiger partial charge in [0.05, 0.1) is 28.7 Å². The molecule has 0 aliphatic rings. The van der Waals surface area contributed by atoms with Crippen LogP contribution >= 0.6 is 22.7 Å². The third-order valence-corrected chi connectivity index (χ3v) is 4.68. The van der Waals surface area contributed by atoms with Crippen LogP contribution in [0.3, 0.4) is 0 Å². The van der Waals surface area contributed by atoms with E-state index in [0.29, 0.717) is 12.1 Å².